The van der Waals surface area contributed by atoms with E-state index >= 15 is 0 Å². The zero-order chi connectivity index (χ0) is 18.7. The van der Waals surface area contributed by atoms with Gasteiger partial charge < -0.3 is 19.5 Å². The van der Waals surface area contributed by atoms with Gasteiger partial charge in [0.25, 0.3) is 5.56 Å². The molecule has 1 aromatic rings. The minimum atomic E-state index is -0.473. The highest BCUT2D eigenvalue weighted by molar-refractivity contribution is 5.86. The Morgan fingerprint density at radius 2 is 2.15 bits per heavy atom. The number of H-pyrrole nitrogens is 1. The molecule has 26 heavy (non-hydrogen) atoms. The summed E-state index contributed by atoms with van der Waals surface area (Å²) >= 11 is 0. The van der Waals surface area contributed by atoms with Gasteiger partial charge in [0.1, 0.15) is 5.82 Å². The molecule has 3 rings (SSSR count). The fraction of sp³-hybridized carbons (Fsp3) is 0.667. The summed E-state index contributed by atoms with van der Waals surface area (Å²) in [4.78, 5) is 47.8. The minimum absolute atomic E-state index is 0.0142. The highest BCUT2D eigenvalue weighted by Crippen LogP contribution is 2.40. The number of nitrogens with one attached hydrogen (secondary N) is 1. The molecule has 8 nitrogen and oxygen atoms in total. The molecule has 0 aromatic carbocycles. The Balaban J connectivity index is 1.66. The molecule has 142 valence electrons. The van der Waals surface area contributed by atoms with E-state index in [1.165, 1.54) is 6.20 Å². The van der Waals surface area contributed by atoms with Crippen molar-refractivity contribution in [3.8, 4) is 0 Å². The second kappa shape index (κ2) is 7.57. The first kappa shape index (κ1) is 18.6. The highest BCUT2D eigenvalue weighted by atomic mass is 16.5. The molecular weight excluding hydrogens is 336 g/mol. The number of carbonyl (C=O) groups is 2. The number of rotatable bonds is 5. The van der Waals surface area contributed by atoms with E-state index in [1.54, 1.807) is 18.9 Å². The van der Waals surface area contributed by atoms with Crippen LogP contribution in [0.25, 0.3) is 0 Å². The summed E-state index contributed by atoms with van der Waals surface area (Å²) in [6, 6.07) is 0. The smallest absolute Gasteiger partial charge is 0.254 e. The lowest BCUT2D eigenvalue weighted by Crippen LogP contribution is -2.51. The van der Waals surface area contributed by atoms with Crippen molar-refractivity contribution in [2.45, 2.75) is 32.6 Å². The third-order valence-electron chi connectivity index (χ3n) is 5.44. The van der Waals surface area contributed by atoms with Crippen LogP contribution in [0.4, 0.5) is 0 Å². The largest absolute Gasteiger partial charge is 0.383 e. The number of piperidine rings is 1. The van der Waals surface area contributed by atoms with Crippen molar-refractivity contribution < 1.29 is 14.3 Å². The predicted octanol–water partition coefficient (Wildman–Crippen LogP) is 0.108. The molecular formula is C18H26N4O4. The van der Waals surface area contributed by atoms with E-state index in [4.69, 9.17) is 4.74 Å². The van der Waals surface area contributed by atoms with Crippen LogP contribution < -0.4 is 5.56 Å². The number of methoxy groups -OCH3 is 1. The van der Waals surface area contributed by atoms with E-state index in [0.717, 1.165) is 19.4 Å². The molecule has 1 atom stereocenters. The van der Waals surface area contributed by atoms with Crippen molar-refractivity contribution in [2.75, 3.05) is 39.9 Å². The fourth-order valence-corrected chi connectivity index (χ4v) is 3.94. The molecule has 1 spiro atoms. The molecule has 3 heterocycles. The molecule has 0 aliphatic carbocycles. The van der Waals surface area contributed by atoms with Crippen LogP contribution in [0.3, 0.4) is 0 Å². The van der Waals surface area contributed by atoms with Crippen LogP contribution in [-0.2, 0) is 20.7 Å². The monoisotopic (exact) mass is 362 g/mol. The summed E-state index contributed by atoms with van der Waals surface area (Å²) in [7, 11) is 1.63. The maximum absolute atomic E-state index is 12.9. The van der Waals surface area contributed by atoms with Crippen molar-refractivity contribution in [1.29, 1.82) is 0 Å². The van der Waals surface area contributed by atoms with E-state index < -0.39 is 5.41 Å². The van der Waals surface area contributed by atoms with Crippen LogP contribution in [0.5, 0.6) is 0 Å². The van der Waals surface area contributed by atoms with Crippen LogP contribution in [-0.4, -0.2) is 71.5 Å². The number of aryl methyl sites for hydroxylation is 1. The summed E-state index contributed by atoms with van der Waals surface area (Å²) in [5, 5.41) is 0. The zero-order valence-electron chi connectivity index (χ0n) is 15.4. The van der Waals surface area contributed by atoms with Crippen LogP contribution in [0.1, 0.15) is 30.7 Å². The molecule has 0 unspecified atom stereocenters. The molecule has 2 aliphatic rings. The number of aromatic amines is 1. The van der Waals surface area contributed by atoms with Crippen LogP contribution >= 0.6 is 0 Å². The number of hydrogen-bond donors (Lipinski definition) is 1. The second-order valence-corrected chi connectivity index (χ2v) is 7.23. The van der Waals surface area contributed by atoms with Gasteiger partial charge in [-0.05, 0) is 26.2 Å². The first-order valence-corrected chi connectivity index (χ1v) is 9.06. The second-order valence-electron chi connectivity index (χ2n) is 7.23. The minimum Gasteiger partial charge on any atom is -0.383 e. The number of carbonyl (C=O) groups excluding carboxylic acids is 2. The third kappa shape index (κ3) is 3.65. The van der Waals surface area contributed by atoms with Gasteiger partial charge in [-0.1, -0.05) is 0 Å². The topological polar surface area (TPSA) is 95.6 Å². The third-order valence-corrected chi connectivity index (χ3v) is 5.44. The lowest BCUT2D eigenvalue weighted by molar-refractivity contribution is -0.146. The maximum Gasteiger partial charge on any atom is 0.254 e. The number of nitrogens with zero attached hydrogens (tertiary/aromatic N) is 3. The average Bonchev–Trinajstić information content (AvgIpc) is 3.04. The van der Waals surface area contributed by atoms with Crippen molar-refractivity contribution in [3.63, 3.8) is 0 Å². The summed E-state index contributed by atoms with van der Waals surface area (Å²) in [6.45, 7) is 4.55. The Bertz CT molecular complexity index is 747. The van der Waals surface area contributed by atoms with Gasteiger partial charge in [0.15, 0.2) is 0 Å². The molecule has 2 amide bonds. The zero-order valence-corrected chi connectivity index (χ0v) is 15.4. The van der Waals surface area contributed by atoms with Gasteiger partial charge in [-0.15, -0.1) is 0 Å². The summed E-state index contributed by atoms with van der Waals surface area (Å²) in [5.41, 5.74) is -0.392. The SMILES string of the molecule is COCCN1CCC[C@@]2(CCN(C(=O)Cc3cnc(C)[nH]c3=O)C2)C1=O. The summed E-state index contributed by atoms with van der Waals surface area (Å²) in [5.74, 6) is 0.529. The molecule has 2 aliphatic heterocycles. The number of likely N-dealkylation sites (tertiary alicyclic amines) is 2. The van der Waals surface area contributed by atoms with Crippen LogP contribution in [0.15, 0.2) is 11.0 Å². The van der Waals surface area contributed by atoms with Crippen molar-refractivity contribution >= 4 is 11.8 Å². The van der Waals surface area contributed by atoms with E-state index in [9.17, 15) is 14.4 Å². The van der Waals surface area contributed by atoms with Crippen LogP contribution in [0.2, 0.25) is 0 Å². The predicted molar refractivity (Wildman–Crippen MR) is 94.6 cm³/mol. The average molecular weight is 362 g/mol. The molecule has 1 N–H and O–H groups in total. The standard InChI is InChI=1S/C18H26N4O4/c1-13-19-11-14(16(24)20-13)10-15(23)22-7-5-18(12-22)4-3-6-21(17(18)25)8-9-26-2/h11H,3-10,12H2,1-2H3,(H,19,20,24)/t18-/m0/s1. The van der Waals surface area contributed by atoms with E-state index in [-0.39, 0.29) is 23.8 Å². The fourth-order valence-electron chi connectivity index (χ4n) is 3.94. The molecule has 2 saturated heterocycles. The van der Waals surface area contributed by atoms with Crippen molar-refractivity contribution in [1.82, 2.24) is 19.8 Å². The molecule has 1 aromatic heterocycles. The Labute approximate surface area is 152 Å². The van der Waals surface area contributed by atoms with E-state index in [1.807, 2.05) is 4.90 Å². The Kier molecular flexibility index (Phi) is 5.41. The van der Waals surface area contributed by atoms with Gasteiger partial charge in [-0.2, -0.15) is 0 Å². The lowest BCUT2D eigenvalue weighted by Gasteiger charge is -2.39. The quantitative estimate of drug-likeness (QED) is 0.802. The first-order chi connectivity index (χ1) is 12.4. The maximum atomic E-state index is 12.9. The van der Waals surface area contributed by atoms with Gasteiger partial charge >= 0.3 is 0 Å². The molecule has 0 saturated carbocycles. The van der Waals surface area contributed by atoms with E-state index in [2.05, 4.69) is 9.97 Å². The molecule has 0 bridgehead atoms. The Morgan fingerprint density at radius 3 is 2.88 bits per heavy atom. The van der Waals surface area contributed by atoms with Crippen LogP contribution in [0, 0.1) is 12.3 Å². The van der Waals surface area contributed by atoms with Crippen molar-refractivity contribution in [3.05, 3.63) is 27.9 Å². The number of aromatic nitrogens is 2. The van der Waals surface area contributed by atoms with Gasteiger partial charge in [-0.3, -0.25) is 14.4 Å². The van der Waals surface area contributed by atoms with Crippen molar-refractivity contribution in [2.24, 2.45) is 5.41 Å². The first-order valence-electron chi connectivity index (χ1n) is 9.06. The van der Waals surface area contributed by atoms with Gasteiger partial charge in [0, 0.05) is 45.0 Å². The number of ether oxygens (including phenoxy) is 1. The normalized spacial score (nSPS) is 23.1. The van der Waals surface area contributed by atoms with Gasteiger partial charge in [-0.25, -0.2) is 4.98 Å². The summed E-state index contributed by atoms with van der Waals surface area (Å²) < 4.78 is 5.09. The van der Waals surface area contributed by atoms with Gasteiger partial charge in [0.2, 0.25) is 11.8 Å². The Hall–Kier alpha value is -2.22. The number of hydrogen-bond acceptors (Lipinski definition) is 5. The van der Waals surface area contributed by atoms with E-state index in [0.29, 0.717) is 44.0 Å². The molecule has 8 heteroatoms. The summed E-state index contributed by atoms with van der Waals surface area (Å²) in [6.07, 6.45) is 3.91. The Morgan fingerprint density at radius 1 is 1.35 bits per heavy atom. The number of amides is 2. The van der Waals surface area contributed by atoms with Gasteiger partial charge in [0.05, 0.1) is 18.4 Å². The molecule has 0 radical (unpaired) electrons. The highest BCUT2D eigenvalue weighted by Gasteiger charge is 2.49. The molecule has 2 fully saturated rings. The lowest BCUT2D eigenvalue weighted by atomic mass is 9.78.